The first-order chi connectivity index (χ1) is 16.2. The van der Waals surface area contributed by atoms with Crippen molar-refractivity contribution in [2.45, 2.75) is 39.1 Å². The molecule has 0 bridgehead atoms. The highest BCUT2D eigenvalue weighted by Crippen LogP contribution is 2.29. The van der Waals surface area contributed by atoms with Gasteiger partial charge in [0, 0.05) is 18.7 Å². The van der Waals surface area contributed by atoms with Crippen molar-refractivity contribution in [1.82, 2.24) is 4.90 Å². The normalized spacial score (nSPS) is 12.0. The summed E-state index contributed by atoms with van der Waals surface area (Å²) in [6.07, 6.45) is -4.03. The van der Waals surface area contributed by atoms with Crippen molar-refractivity contribution in [2.75, 3.05) is 6.54 Å². The summed E-state index contributed by atoms with van der Waals surface area (Å²) in [5.74, 6) is -0.665. The van der Waals surface area contributed by atoms with Crippen LogP contribution in [0.1, 0.15) is 40.9 Å². The first kappa shape index (κ1) is 25.0. The Kier molecular flexibility index (Phi) is 8.46. The quantitative estimate of drug-likeness (QED) is 0.299. The van der Waals surface area contributed by atoms with Crippen molar-refractivity contribution in [3.05, 3.63) is 107 Å². The smallest absolute Gasteiger partial charge is 0.416 e. The Labute approximate surface area is 197 Å². The molecular weight excluding hydrogens is 441 g/mol. The molecule has 0 aliphatic rings. The highest BCUT2D eigenvalue weighted by Gasteiger charge is 2.30. The topological polar surface area (TPSA) is 41.9 Å². The van der Waals surface area contributed by atoms with Gasteiger partial charge in [-0.3, -0.25) is 4.79 Å². The largest absolute Gasteiger partial charge is 0.462 e. The Morgan fingerprint density at radius 2 is 1.44 bits per heavy atom. The summed E-state index contributed by atoms with van der Waals surface area (Å²) in [4.78, 5) is 18.9. The van der Waals surface area contributed by atoms with E-state index in [1.165, 1.54) is 0 Å². The number of carbonyl (C=O) groups is 1. The minimum absolute atomic E-state index is 0.0561. The molecule has 4 nitrogen and oxygen atoms in total. The molecule has 0 saturated heterocycles. The first-order valence-corrected chi connectivity index (χ1v) is 11.0. The number of ether oxygens (including phenoxy) is 1. The molecule has 0 radical (unpaired) electrons. The Hall–Kier alpha value is -3.61. The van der Waals surface area contributed by atoms with Crippen LogP contribution in [0.2, 0.25) is 0 Å². The second-order valence-corrected chi connectivity index (χ2v) is 8.08. The van der Waals surface area contributed by atoms with Crippen LogP contribution in [0.25, 0.3) is 0 Å². The first-order valence-electron chi connectivity index (χ1n) is 11.0. The zero-order valence-electron chi connectivity index (χ0n) is 19.1. The molecule has 0 fully saturated rings. The fourth-order valence-corrected chi connectivity index (χ4v) is 3.29. The molecule has 3 aromatic carbocycles. The molecule has 0 aromatic heterocycles. The van der Waals surface area contributed by atoms with Crippen molar-refractivity contribution < 1.29 is 22.7 Å². The number of rotatable bonds is 7. The predicted octanol–water partition coefficient (Wildman–Crippen LogP) is 6.37. The Morgan fingerprint density at radius 1 is 0.882 bits per heavy atom. The monoisotopic (exact) mass is 468 g/mol. The third-order valence-corrected chi connectivity index (χ3v) is 5.00. The maximum Gasteiger partial charge on any atom is 0.416 e. The molecule has 0 aliphatic heterocycles. The zero-order chi connectivity index (χ0) is 24.6. The van der Waals surface area contributed by atoms with Crippen molar-refractivity contribution in [2.24, 2.45) is 4.99 Å². The molecule has 0 atom stereocenters. The van der Waals surface area contributed by atoms with Gasteiger partial charge in [0.25, 0.3) is 11.9 Å². The molecule has 7 heteroatoms. The molecule has 34 heavy (non-hydrogen) atoms. The molecule has 178 valence electrons. The van der Waals surface area contributed by atoms with Crippen molar-refractivity contribution >= 4 is 11.9 Å². The second-order valence-electron chi connectivity index (χ2n) is 8.08. The van der Waals surface area contributed by atoms with E-state index in [9.17, 15) is 18.0 Å². The van der Waals surface area contributed by atoms with Gasteiger partial charge in [0.05, 0.1) is 11.7 Å². The molecule has 0 heterocycles. The lowest BCUT2D eigenvalue weighted by atomic mass is 10.1. The van der Waals surface area contributed by atoms with Gasteiger partial charge in [0.1, 0.15) is 0 Å². The van der Waals surface area contributed by atoms with Gasteiger partial charge in [-0.2, -0.15) is 18.2 Å². The van der Waals surface area contributed by atoms with Crippen LogP contribution in [-0.2, 0) is 23.9 Å². The van der Waals surface area contributed by atoms with Gasteiger partial charge in [-0.05, 0) is 55.7 Å². The van der Waals surface area contributed by atoms with Crippen LogP contribution in [0.3, 0.4) is 0 Å². The number of benzene rings is 3. The fraction of sp³-hybridized carbons (Fsp3) is 0.259. The number of hydrogen-bond acceptors (Lipinski definition) is 2. The summed E-state index contributed by atoms with van der Waals surface area (Å²) in [6, 6.07) is 23.8. The van der Waals surface area contributed by atoms with Gasteiger partial charge in [0.15, 0.2) is 0 Å². The van der Waals surface area contributed by atoms with Gasteiger partial charge >= 0.3 is 6.18 Å². The van der Waals surface area contributed by atoms with Crippen LogP contribution in [0.5, 0.6) is 0 Å². The maximum atomic E-state index is 12.9. The Balaban J connectivity index is 1.89. The van der Waals surface area contributed by atoms with Crippen LogP contribution in [-0.4, -0.2) is 29.5 Å². The van der Waals surface area contributed by atoms with E-state index >= 15 is 0 Å². The third kappa shape index (κ3) is 7.47. The van der Waals surface area contributed by atoms with E-state index < -0.39 is 17.6 Å². The van der Waals surface area contributed by atoms with Crippen LogP contribution in [0, 0.1) is 0 Å². The summed E-state index contributed by atoms with van der Waals surface area (Å²) in [7, 11) is 0. The lowest BCUT2D eigenvalue weighted by molar-refractivity contribution is -0.137. The summed E-state index contributed by atoms with van der Waals surface area (Å²) in [5.41, 5.74) is 1.37. The average Bonchev–Trinajstić information content (AvgIpc) is 2.82. The maximum absolute atomic E-state index is 12.9. The Morgan fingerprint density at radius 3 is 1.97 bits per heavy atom. The van der Waals surface area contributed by atoms with Gasteiger partial charge in [-0.15, -0.1) is 0 Å². The van der Waals surface area contributed by atoms with E-state index in [4.69, 9.17) is 4.74 Å². The number of nitrogens with zero attached hydrogens (tertiary/aromatic N) is 2. The SMILES string of the molecule is CC(C)OC(=NC(=O)c1ccc(C(F)(F)F)cc1)N(CCc1ccccc1)Cc1ccccc1. The molecule has 1 amide bonds. The van der Waals surface area contributed by atoms with Crippen LogP contribution < -0.4 is 0 Å². The van der Waals surface area contributed by atoms with E-state index in [1.54, 1.807) is 0 Å². The number of aliphatic imine (C=N–C) groups is 1. The number of alkyl halides is 3. The zero-order valence-corrected chi connectivity index (χ0v) is 19.1. The van der Waals surface area contributed by atoms with Crippen LogP contribution in [0.4, 0.5) is 13.2 Å². The average molecular weight is 469 g/mol. The van der Waals surface area contributed by atoms with Gasteiger partial charge in [0.2, 0.25) is 0 Å². The van der Waals surface area contributed by atoms with Gasteiger partial charge in [-0.25, -0.2) is 0 Å². The van der Waals surface area contributed by atoms with E-state index in [0.717, 1.165) is 35.4 Å². The summed E-state index contributed by atoms with van der Waals surface area (Å²) in [6.45, 7) is 4.65. The second kappa shape index (κ2) is 11.5. The summed E-state index contributed by atoms with van der Waals surface area (Å²) >= 11 is 0. The Bertz CT molecular complexity index is 1080. The summed E-state index contributed by atoms with van der Waals surface area (Å²) in [5, 5.41) is 0. The van der Waals surface area contributed by atoms with Gasteiger partial charge < -0.3 is 9.64 Å². The predicted molar refractivity (Wildman–Crippen MR) is 126 cm³/mol. The van der Waals surface area contributed by atoms with Crippen molar-refractivity contribution in [3.8, 4) is 0 Å². The molecule has 0 N–H and O–H groups in total. The van der Waals surface area contributed by atoms with Crippen molar-refractivity contribution in [1.29, 1.82) is 0 Å². The molecular formula is C27H27F3N2O2. The van der Waals surface area contributed by atoms with E-state index in [-0.39, 0.29) is 17.7 Å². The summed E-state index contributed by atoms with van der Waals surface area (Å²) < 4.78 is 44.5. The third-order valence-electron chi connectivity index (χ3n) is 5.00. The van der Waals surface area contributed by atoms with E-state index in [1.807, 2.05) is 79.4 Å². The molecule has 0 unspecified atom stereocenters. The number of halogens is 3. The lowest BCUT2D eigenvalue weighted by Crippen LogP contribution is -2.36. The lowest BCUT2D eigenvalue weighted by Gasteiger charge is -2.27. The highest BCUT2D eigenvalue weighted by atomic mass is 19.4. The molecule has 0 aliphatic carbocycles. The number of amides is 1. The highest BCUT2D eigenvalue weighted by molar-refractivity contribution is 6.01. The number of amidine groups is 1. The molecule has 3 aromatic rings. The van der Waals surface area contributed by atoms with Crippen LogP contribution in [0.15, 0.2) is 89.9 Å². The minimum Gasteiger partial charge on any atom is -0.462 e. The van der Waals surface area contributed by atoms with E-state index in [0.29, 0.717) is 19.5 Å². The number of hydrogen-bond donors (Lipinski definition) is 0. The van der Waals surface area contributed by atoms with Crippen LogP contribution >= 0.6 is 0 Å². The molecule has 0 spiro atoms. The van der Waals surface area contributed by atoms with Gasteiger partial charge in [-0.1, -0.05) is 60.7 Å². The number of carbonyl (C=O) groups excluding carboxylic acids is 1. The minimum atomic E-state index is -4.47. The standard InChI is InChI=1S/C27H27F3N2O2/c1-20(2)34-26(31-25(33)23-13-15-24(16-14-23)27(28,29)30)32(19-22-11-7-4-8-12-22)18-17-21-9-5-3-6-10-21/h3-16,20H,17-19H2,1-2H3. The van der Waals surface area contributed by atoms with Crippen molar-refractivity contribution in [3.63, 3.8) is 0 Å². The fourth-order valence-electron chi connectivity index (χ4n) is 3.29. The molecule has 3 rings (SSSR count). The van der Waals surface area contributed by atoms with E-state index in [2.05, 4.69) is 4.99 Å². The molecule has 0 saturated carbocycles.